The monoisotopic (exact) mass is 360 g/mol. The van der Waals surface area contributed by atoms with E-state index < -0.39 is 0 Å². The molecule has 0 unspecified atom stereocenters. The third kappa shape index (κ3) is 2.12. The minimum atomic E-state index is -0.115. The van der Waals surface area contributed by atoms with Crippen molar-refractivity contribution in [2.75, 3.05) is 0 Å². The van der Waals surface area contributed by atoms with E-state index in [4.69, 9.17) is 12.2 Å². The van der Waals surface area contributed by atoms with Crippen molar-refractivity contribution in [2.24, 2.45) is 0 Å². The summed E-state index contributed by atoms with van der Waals surface area (Å²) in [4.78, 5) is 16.4. The van der Waals surface area contributed by atoms with Crippen molar-refractivity contribution in [3.05, 3.63) is 92.1 Å². The predicted molar refractivity (Wildman–Crippen MR) is 106 cm³/mol. The van der Waals surface area contributed by atoms with Crippen LogP contribution in [0.3, 0.4) is 0 Å². The summed E-state index contributed by atoms with van der Waals surface area (Å²) >= 11 is 5.40. The van der Waals surface area contributed by atoms with Crippen molar-refractivity contribution >= 4 is 12.2 Å². The summed E-state index contributed by atoms with van der Waals surface area (Å²) in [6.45, 7) is 0. The van der Waals surface area contributed by atoms with Gasteiger partial charge in [-0.2, -0.15) is 0 Å². The summed E-state index contributed by atoms with van der Waals surface area (Å²) in [7, 11) is 0. The van der Waals surface area contributed by atoms with Gasteiger partial charge in [0.25, 0.3) is 5.56 Å². The van der Waals surface area contributed by atoms with E-state index in [2.05, 4.69) is 29.2 Å². The maximum absolute atomic E-state index is 13.1. The van der Waals surface area contributed by atoms with E-state index in [1.165, 1.54) is 24.0 Å². The van der Waals surface area contributed by atoms with Gasteiger partial charge in [-0.1, -0.05) is 67.5 Å². The van der Waals surface area contributed by atoms with Crippen LogP contribution in [0.5, 0.6) is 0 Å². The van der Waals surface area contributed by atoms with Crippen LogP contribution in [-0.2, 0) is 11.8 Å². The molecule has 4 heteroatoms. The van der Waals surface area contributed by atoms with E-state index in [1.54, 1.807) is 0 Å². The van der Waals surface area contributed by atoms with Gasteiger partial charge < -0.3 is 4.98 Å². The number of aromatic amines is 1. The molecule has 0 radical (unpaired) electrons. The second-order valence-electron chi connectivity index (χ2n) is 7.38. The highest BCUT2D eigenvalue weighted by Gasteiger charge is 2.45. The SMILES string of the molecule is O=c1c(=S)[nH]c2c(n1-c1ccccc1)C1(CCCC1)c1ccccc1C2. The smallest absolute Gasteiger partial charge is 0.290 e. The van der Waals surface area contributed by atoms with Crippen LogP contribution in [0, 0.1) is 4.64 Å². The number of para-hydroxylation sites is 1. The zero-order chi connectivity index (χ0) is 17.7. The van der Waals surface area contributed by atoms with Crippen LogP contribution in [0.2, 0.25) is 0 Å². The Balaban J connectivity index is 1.91. The van der Waals surface area contributed by atoms with Gasteiger partial charge in [0.2, 0.25) is 0 Å². The van der Waals surface area contributed by atoms with E-state index in [9.17, 15) is 4.79 Å². The third-order valence-electron chi connectivity index (χ3n) is 6.00. The Bertz CT molecular complexity index is 1100. The van der Waals surface area contributed by atoms with Gasteiger partial charge in [-0.05, 0) is 36.1 Å². The fourth-order valence-electron chi connectivity index (χ4n) is 4.99. The molecule has 3 nitrogen and oxygen atoms in total. The molecule has 26 heavy (non-hydrogen) atoms. The normalized spacial score (nSPS) is 17.1. The molecular formula is C22H20N2OS. The number of rotatable bonds is 1. The summed E-state index contributed by atoms with van der Waals surface area (Å²) in [5.74, 6) is 0. The molecule has 1 aromatic heterocycles. The summed E-state index contributed by atoms with van der Waals surface area (Å²) in [5.41, 5.74) is 5.65. The van der Waals surface area contributed by atoms with Gasteiger partial charge in [-0.15, -0.1) is 0 Å². The lowest BCUT2D eigenvalue weighted by Gasteiger charge is -2.39. The highest BCUT2D eigenvalue weighted by molar-refractivity contribution is 7.71. The molecule has 0 atom stereocenters. The van der Waals surface area contributed by atoms with E-state index >= 15 is 0 Å². The van der Waals surface area contributed by atoms with Crippen LogP contribution in [-0.4, -0.2) is 9.55 Å². The molecule has 0 amide bonds. The zero-order valence-corrected chi connectivity index (χ0v) is 15.3. The molecule has 1 N–H and O–H groups in total. The Kier molecular flexibility index (Phi) is 3.50. The maximum Gasteiger partial charge on any atom is 0.290 e. The molecule has 5 rings (SSSR count). The number of hydrogen-bond donors (Lipinski definition) is 1. The van der Waals surface area contributed by atoms with Crippen molar-refractivity contribution in [1.29, 1.82) is 0 Å². The minimum Gasteiger partial charge on any atom is -0.344 e. The second-order valence-corrected chi connectivity index (χ2v) is 7.79. The van der Waals surface area contributed by atoms with Gasteiger partial charge in [0.05, 0.1) is 5.69 Å². The van der Waals surface area contributed by atoms with Crippen molar-refractivity contribution in [2.45, 2.75) is 37.5 Å². The Labute approximate surface area is 157 Å². The molecule has 2 aliphatic rings. The van der Waals surface area contributed by atoms with Crippen molar-refractivity contribution in [3.63, 3.8) is 0 Å². The maximum atomic E-state index is 13.1. The van der Waals surface area contributed by atoms with E-state index in [0.717, 1.165) is 36.3 Å². The van der Waals surface area contributed by atoms with Crippen LogP contribution < -0.4 is 5.56 Å². The first-order valence-corrected chi connectivity index (χ1v) is 9.64. The summed E-state index contributed by atoms with van der Waals surface area (Å²) < 4.78 is 2.18. The quantitative estimate of drug-likeness (QED) is 0.641. The summed E-state index contributed by atoms with van der Waals surface area (Å²) in [6, 6.07) is 18.6. The molecule has 130 valence electrons. The number of benzene rings is 2. The topological polar surface area (TPSA) is 37.8 Å². The molecule has 2 aromatic carbocycles. The highest BCUT2D eigenvalue weighted by Crippen LogP contribution is 2.51. The van der Waals surface area contributed by atoms with Gasteiger partial charge in [0.15, 0.2) is 4.64 Å². The van der Waals surface area contributed by atoms with Crippen LogP contribution in [0.4, 0.5) is 0 Å². The predicted octanol–water partition coefficient (Wildman–Crippen LogP) is 4.66. The average molecular weight is 360 g/mol. The Hall–Kier alpha value is -2.46. The lowest BCUT2D eigenvalue weighted by molar-refractivity contribution is 0.475. The average Bonchev–Trinajstić information content (AvgIpc) is 3.15. The number of aromatic nitrogens is 2. The molecule has 1 spiro atoms. The van der Waals surface area contributed by atoms with E-state index in [-0.39, 0.29) is 11.0 Å². The molecule has 0 bridgehead atoms. The van der Waals surface area contributed by atoms with Crippen LogP contribution in [0.1, 0.15) is 48.2 Å². The molecule has 2 aliphatic carbocycles. The zero-order valence-electron chi connectivity index (χ0n) is 14.5. The summed E-state index contributed by atoms with van der Waals surface area (Å²) in [5, 5.41) is 0. The lowest BCUT2D eigenvalue weighted by Crippen LogP contribution is -2.39. The van der Waals surface area contributed by atoms with Crippen LogP contribution in [0.25, 0.3) is 5.69 Å². The molecule has 0 saturated heterocycles. The van der Waals surface area contributed by atoms with Gasteiger partial charge in [-0.3, -0.25) is 9.36 Å². The van der Waals surface area contributed by atoms with Gasteiger partial charge in [0, 0.05) is 23.2 Å². The van der Waals surface area contributed by atoms with Crippen molar-refractivity contribution < 1.29 is 0 Å². The van der Waals surface area contributed by atoms with Gasteiger partial charge in [-0.25, -0.2) is 0 Å². The molecule has 3 aromatic rings. The van der Waals surface area contributed by atoms with Gasteiger partial charge in [0.1, 0.15) is 0 Å². The second kappa shape index (κ2) is 5.78. The molecule has 1 fully saturated rings. The van der Waals surface area contributed by atoms with Crippen molar-refractivity contribution in [3.8, 4) is 5.69 Å². The first-order chi connectivity index (χ1) is 12.7. The molecule has 1 heterocycles. The fourth-order valence-corrected chi connectivity index (χ4v) is 5.20. The number of H-pyrrole nitrogens is 1. The highest BCUT2D eigenvalue weighted by atomic mass is 32.1. The van der Waals surface area contributed by atoms with Crippen LogP contribution in [0.15, 0.2) is 59.4 Å². The van der Waals surface area contributed by atoms with E-state index in [1.807, 2.05) is 34.9 Å². The number of nitrogens with zero attached hydrogens (tertiary/aromatic N) is 1. The molecule has 1 saturated carbocycles. The van der Waals surface area contributed by atoms with Crippen molar-refractivity contribution in [1.82, 2.24) is 9.55 Å². The lowest BCUT2D eigenvalue weighted by atomic mass is 9.68. The molecular weight excluding hydrogens is 340 g/mol. The Morgan fingerprint density at radius 2 is 1.65 bits per heavy atom. The third-order valence-corrected chi connectivity index (χ3v) is 6.27. The van der Waals surface area contributed by atoms with E-state index in [0.29, 0.717) is 4.64 Å². The summed E-state index contributed by atoms with van der Waals surface area (Å²) in [6.07, 6.45) is 5.32. The van der Waals surface area contributed by atoms with Crippen LogP contribution >= 0.6 is 12.2 Å². The Morgan fingerprint density at radius 1 is 0.962 bits per heavy atom. The first-order valence-electron chi connectivity index (χ1n) is 9.23. The fraction of sp³-hybridized carbons (Fsp3) is 0.273. The largest absolute Gasteiger partial charge is 0.344 e. The number of fused-ring (bicyclic) bond motifs is 4. The standard InChI is InChI=1S/C22H20N2OS/c25-21-20(26)23-18-14-15-8-4-5-11-17(15)22(12-6-7-13-22)19(18)24(21)16-9-2-1-3-10-16/h1-5,8-11H,6-7,12-14H2,(H,23,26). The molecule has 0 aliphatic heterocycles. The minimum absolute atomic E-state index is 0.0985. The first kappa shape index (κ1) is 15.8. The van der Waals surface area contributed by atoms with Gasteiger partial charge >= 0.3 is 0 Å². The Morgan fingerprint density at radius 3 is 2.42 bits per heavy atom. The number of nitrogens with one attached hydrogen (secondary N) is 1. The number of hydrogen-bond acceptors (Lipinski definition) is 2.